The Balaban J connectivity index is 4.72. The van der Waals surface area contributed by atoms with E-state index in [0.29, 0.717) is 5.76 Å². The molecule has 0 spiro atoms. The van der Waals surface area contributed by atoms with Gasteiger partial charge in [-0.2, -0.15) is 0 Å². The third-order valence-electron chi connectivity index (χ3n) is 1.94. The number of aliphatic hydroxyl groups is 1. The number of allylic oxidation sites excluding steroid dienone is 1. The second kappa shape index (κ2) is 5.63. The van der Waals surface area contributed by atoms with Crippen molar-refractivity contribution in [3.05, 3.63) is 12.3 Å². The molecule has 0 aliphatic carbocycles. The van der Waals surface area contributed by atoms with Gasteiger partial charge in [0.25, 0.3) is 5.08 Å². The predicted octanol–water partition coefficient (Wildman–Crippen LogP) is 0.318. The molecular formula is C7H16O8P2. The van der Waals surface area contributed by atoms with Gasteiger partial charge in [0.05, 0.1) is 12.4 Å². The van der Waals surface area contributed by atoms with Crippen LogP contribution >= 0.6 is 15.2 Å². The summed E-state index contributed by atoms with van der Waals surface area (Å²) in [4.78, 5) is 35.2. The van der Waals surface area contributed by atoms with Crippen LogP contribution in [0.2, 0.25) is 0 Å². The molecule has 10 heteroatoms. The quantitative estimate of drug-likeness (QED) is 0.256. The average Bonchev–Trinajstić information content (AvgIpc) is 2.07. The lowest BCUT2D eigenvalue weighted by Gasteiger charge is -2.29. The molecule has 0 aromatic carbocycles. The highest BCUT2D eigenvalue weighted by Gasteiger charge is 2.58. The van der Waals surface area contributed by atoms with E-state index in [-0.39, 0.29) is 13.0 Å². The third-order valence-corrected chi connectivity index (χ3v) is 5.81. The van der Waals surface area contributed by atoms with Crippen LogP contribution in [0, 0.1) is 0 Å². The molecule has 0 fully saturated rings. The van der Waals surface area contributed by atoms with Crippen LogP contribution in [0.15, 0.2) is 12.3 Å². The summed E-state index contributed by atoms with van der Waals surface area (Å²) in [5, 5.41) is 6.08. The number of ether oxygens (including phenoxy) is 1. The van der Waals surface area contributed by atoms with Crippen LogP contribution in [0.4, 0.5) is 0 Å². The number of hydrogen-bond donors (Lipinski definition) is 5. The van der Waals surface area contributed by atoms with E-state index in [1.54, 1.807) is 0 Å². The first-order valence-electron chi connectivity index (χ1n) is 4.54. The maximum atomic E-state index is 10.9. The van der Waals surface area contributed by atoms with Gasteiger partial charge in [-0.1, -0.05) is 6.58 Å². The van der Waals surface area contributed by atoms with Gasteiger partial charge in [0, 0.05) is 6.42 Å². The summed E-state index contributed by atoms with van der Waals surface area (Å²) < 4.78 is 26.7. The monoisotopic (exact) mass is 290 g/mol. The van der Waals surface area contributed by atoms with Crippen LogP contribution in [-0.4, -0.2) is 36.4 Å². The molecular weight excluding hydrogens is 274 g/mol. The molecule has 0 heterocycles. The molecule has 0 aliphatic heterocycles. The predicted molar refractivity (Wildman–Crippen MR) is 59.0 cm³/mol. The van der Waals surface area contributed by atoms with E-state index in [2.05, 4.69) is 6.58 Å². The molecule has 8 nitrogen and oxygen atoms in total. The fourth-order valence-electron chi connectivity index (χ4n) is 1.02. The smallest absolute Gasteiger partial charge is 0.369 e. The van der Waals surface area contributed by atoms with Gasteiger partial charge in [0.15, 0.2) is 0 Å². The van der Waals surface area contributed by atoms with Gasteiger partial charge in [-0.05, 0) is 13.3 Å². The van der Waals surface area contributed by atoms with E-state index in [1.807, 2.05) is 0 Å². The molecule has 17 heavy (non-hydrogen) atoms. The first kappa shape index (κ1) is 16.8. The van der Waals surface area contributed by atoms with Gasteiger partial charge in [-0.15, -0.1) is 0 Å². The highest BCUT2D eigenvalue weighted by atomic mass is 31.2. The van der Waals surface area contributed by atoms with Gasteiger partial charge in [-0.25, -0.2) is 0 Å². The van der Waals surface area contributed by atoms with Gasteiger partial charge in [0.1, 0.15) is 0 Å². The Morgan fingerprint density at radius 3 is 1.94 bits per heavy atom. The standard InChI is InChI=1S/C7H16O8P2/c1-6(2)15-5-3-4-7(8,16(9,10)11)17(12,13)14/h8H,1,3-5H2,2H3,(H2,9,10,11)(H2,12,13,14). The van der Waals surface area contributed by atoms with Crippen molar-refractivity contribution < 1.29 is 38.5 Å². The largest absolute Gasteiger partial charge is 0.499 e. The topological polar surface area (TPSA) is 145 Å². The molecule has 0 aromatic rings. The highest BCUT2D eigenvalue weighted by Crippen LogP contribution is 2.69. The highest BCUT2D eigenvalue weighted by molar-refractivity contribution is 7.72. The lowest BCUT2D eigenvalue weighted by Crippen LogP contribution is -2.29. The first-order valence-corrected chi connectivity index (χ1v) is 7.76. The van der Waals surface area contributed by atoms with E-state index >= 15 is 0 Å². The van der Waals surface area contributed by atoms with Crippen LogP contribution in [0.5, 0.6) is 0 Å². The van der Waals surface area contributed by atoms with E-state index < -0.39 is 26.7 Å². The third kappa shape index (κ3) is 4.52. The second-order valence-corrected chi connectivity index (χ2v) is 7.53. The molecule has 102 valence electrons. The summed E-state index contributed by atoms with van der Waals surface area (Å²) in [7, 11) is -10.7. The molecule has 0 amide bonds. The summed E-state index contributed by atoms with van der Waals surface area (Å²) in [6.45, 7) is 4.88. The Morgan fingerprint density at radius 1 is 1.24 bits per heavy atom. The summed E-state index contributed by atoms with van der Waals surface area (Å²) in [6, 6.07) is 0. The lowest BCUT2D eigenvalue weighted by molar-refractivity contribution is 0.110. The molecule has 5 N–H and O–H groups in total. The zero-order valence-corrected chi connectivity index (χ0v) is 11.0. The Morgan fingerprint density at radius 2 is 1.65 bits per heavy atom. The van der Waals surface area contributed by atoms with Crippen molar-refractivity contribution in [3.63, 3.8) is 0 Å². The molecule has 0 aliphatic rings. The maximum Gasteiger partial charge on any atom is 0.369 e. The van der Waals surface area contributed by atoms with Gasteiger partial charge < -0.3 is 29.4 Å². The van der Waals surface area contributed by atoms with Crippen LogP contribution in [0.25, 0.3) is 0 Å². The summed E-state index contributed by atoms with van der Waals surface area (Å²) >= 11 is 0. The van der Waals surface area contributed by atoms with Crippen molar-refractivity contribution in [2.75, 3.05) is 6.61 Å². The molecule has 0 unspecified atom stereocenters. The molecule has 0 saturated heterocycles. The van der Waals surface area contributed by atoms with Crippen molar-refractivity contribution in [2.45, 2.75) is 24.8 Å². The van der Waals surface area contributed by atoms with E-state index in [9.17, 15) is 14.2 Å². The Kier molecular flexibility index (Phi) is 5.56. The first-order chi connectivity index (χ1) is 7.42. The van der Waals surface area contributed by atoms with E-state index in [4.69, 9.17) is 24.3 Å². The van der Waals surface area contributed by atoms with Gasteiger partial charge >= 0.3 is 15.2 Å². The minimum atomic E-state index is -5.36. The molecule has 0 bridgehead atoms. The summed E-state index contributed by atoms with van der Waals surface area (Å²) in [5.74, 6) is 0.348. The van der Waals surface area contributed by atoms with E-state index in [1.165, 1.54) is 6.92 Å². The van der Waals surface area contributed by atoms with Crippen molar-refractivity contribution in [1.82, 2.24) is 0 Å². The van der Waals surface area contributed by atoms with Crippen LogP contribution in [0.1, 0.15) is 19.8 Å². The van der Waals surface area contributed by atoms with Crippen molar-refractivity contribution in [2.24, 2.45) is 0 Å². The molecule has 0 rings (SSSR count). The number of rotatable bonds is 7. The van der Waals surface area contributed by atoms with Crippen LogP contribution in [-0.2, 0) is 13.9 Å². The summed E-state index contributed by atoms with van der Waals surface area (Å²) in [6.07, 6.45) is -0.922. The molecule has 0 saturated carbocycles. The van der Waals surface area contributed by atoms with Gasteiger partial charge in [-0.3, -0.25) is 9.13 Å². The van der Waals surface area contributed by atoms with E-state index in [0.717, 1.165) is 0 Å². The second-order valence-electron chi connectivity index (χ2n) is 3.52. The normalized spacial score (nSPS) is 13.5. The Labute approximate surface area is 98.2 Å². The van der Waals surface area contributed by atoms with Crippen LogP contribution < -0.4 is 0 Å². The maximum absolute atomic E-state index is 10.9. The zero-order chi connectivity index (χ0) is 13.9. The lowest BCUT2D eigenvalue weighted by atomic mass is 10.3. The molecule has 0 atom stereocenters. The number of hydrogen-bond acceptors (Lipinski definition) is 4. The fourth-order valence-corrected chi connectivity index (χ4v) is 3.27. The Bertz CT molecular complexity index is 344. The average molecular weight is 290 g/mol. The van der Waals surface area contributed by atoms with Gasteiger partial charge in [0.2, 0.25) is 0 Å². The zero-order valence-electron chi connectivity index (χ0n) is 9.18. The fraction of sp³-hybridized carbons (Fsp3) is 0.714. The van der Waals surface area contributed by atoms with Crippen molar-refractivity contribution in [1.29, 1.82) is 0 Å². The van der Waals surface area contributed by atoms with Crippen molar-refractivity contribution >= 4 is 15.2 Å². The SMILES string of the molecule is C=C(C)OCCCC(O)(P(=O)(O)O)P(=O)(O)O. The minimum absolute atomic E-state index is 0.0579. The summed E-state index contributed by atoms with van der Waals surface area (Å²) in [5.41, 5.74) is 0. The van der Waals surface area contributed by atoms with Crippen LogP contribution in [0.3, 0.4) is 0 Å². The Hall–Kier alpha value is -0.200. The van der Waals surface area contributed by atoms with Crippen molar-refractivity contribution in [3.8, 4) is 0 Å². The minimum Gasteiger partial charge on any atom is -0.499 e. The molecule has 0 radical (unpaired) electrons. The molecule has 0 aromatic heterocycles.